The quantitative estimate of drug-likeness (QED) is 0.682. The fourth-order valence-corrected chi connectivity index (χ4v) is 1.19. The first-order valence-electron chi connectivity index (χ1n) is 4.36. The maximum Gasteiger partial charge on any atom is 0.224 e. The van der Waals surface area contributed by atoms with Crippen molar-refractivity contribution in [2.24, 2.45) is 17.6 Å². The van der Waals surface area contributed by atoms with Crippen LogP contribution in [0.25, 0.3) is 0 Å². The highest BCUT2D eigenvalue weighted by atomic mass is 16.2. The van der Waals surface area contributed by atoms with Crippen molar-refractivity contribution in [2.45, 2.75) is 20.3 Å². The lowest BCUT2D eigenvalue weighted by molar-refractivity contribution is -0.133. The molecule has 0 aromatic heterocycles. The zero-order valence-corrected chi connectivity index (χ0v) is 8.70. The van der Waals surface area contributed by atoms with E-state index in [0.29, 0.717) is 6.42 Å². The summed E-state index contributed by atoms with van der Waals surface area (Å²) in [5, 5.41) is 0. The first-order chi connectivity index (χ1) is 5.86. The Morgan fingerprint density at radius 1 is 1.23 bits per heavy atom. The average Bonchev–Trinajstić information content (AvgIpc) is 2.02. The Morgan fingerprint density at radius 2 is 1.69 bits per heavy atom. The van der Waals surface area contributed by atoms with Crippen LogP contribution in [0.15, 0.2) is 0 Å². The van der Waals surface area contributed by atoms with Crippen LogP contribution in [-0.2, 0) is 9.59 Å². The SMILES string of the molecule is C[C@H](C[C@@H](C)C(=O)N(C)C)C(N)=O. The van der Waals surface area contributed by atoms with E-state index in [2.05, 4.69) is 0 Å². The third kappa shape index (κ3) is 3.92. The minimum Gasteiger partial charge on any atom is -0.369 e. The predicted molar refractivity (Wildman–Crippen MR) is 50.8 cm³/mol. The van der Waals surface area contributed by atoms with Crippen LogP contribution in [0, 0.1) is 11.8 Å². The van der Waals surface area contributed by atoms with Gasteiger partial charge >= 0.3 is 0 Å². The molecule has 0 spiro atoms. The fraction of sp³-hybridized carbons (Fsp3) is 0.778. The molecule has 0 aromatic carbocycles. The van der Waals surface area contributed by atoms with Gasteiger partial charge in [0.15, 0.2) is 0 Å². The summed E-state index contributed by atoms with van der Waals surface area (Å²) < 4.78 is 0. The van der Waals surface area contributed by atoms with Crippen LogP contribution in [0.5, 0.6) is 0 Å². The van der Waals surface area contributed by atoms with Gasteiger partial charge in [0.2, 0.25) is 11.8 Å². The highest BCUT2D eigenvalue weighted by molar-refractivity contribution is 5.80. The second kappa shape index (κ2) is 4.84. The second-order valence-corrected chi connectivity index (χ2v) is 3.67. The van der Waals surface area contributed by atoms with Gasteiger partial charge in [0.1, 0.15) is 0 Å². The van der Waals surface area contributed by atoms with Crippen LogP contribution in [0.3, 0.4) is 0 Å². The standard InChI is InChI=1S/C9H18N2O2/c1-6(8(10)12)5-7(2)9(13)11(3)4/h6-7H,5H2,1-4H3,(H2,10,12)/t6-,7-/m1/s1. The van der Waals surface area contributed by atoms with Crippen LogP contribution >= 0.6 is 0 Å². The van der Waals surface area contributed by atoms with Gasteiger partial charge in [0, 0.05) is 25.9 Å². The number of hydrogen-bond acceptors (Lipinski definition) is 2. The molecule has 0 radical (unpaired) electrons. The second-order valence-electron chi connectivity index (χ2n) is 3.67. The maximum absolute atomic E-state index is 11.4. The molecule has 0 fully saturated rings. The number of carbonyl (C=O) groups excluding carboxylic acids is 2. The van der Waals surface area contributed by atoms with E-state index < -0.39 is 0 Å². The van der Waals surface area contributed by atoms with Gasteiger partial charge in [-0.1, -0.05) is 13.8 Å². The summed E-state index contributed by atoms with van der Waals surface area (Å²) >= 11 is 0. The van der Waals surface area contributed by atoms with Crippen LogP contribution in [0.1, 0.15) is 20.3 Å². The molecule has 13 heavy (non-hydrogen) atoms. The van der Waals surface area contributed by atoms with E-state index in [0.717, 1.165) is 0 Å². The molecule has 0 rings (SSSR count). The summed E-state index contributed by atoms with van der Waals surface area (Å²) in [6, 6.07) is 0. The van der Waals surface area contributed by atoms with E-state index in [1.807, 2.05) is 6.92 Å². The summed E-state index contributed by atoms with van der Waals surface area (Å²) in [4.78, 5) is 23.6. The molecule has 2 amide bonds. The highest BCUT2D eigenvalue weighted by Gasteiger charge is 2.20. The monoisotopic (exact) mass is 186 g/mol. The minimum absolute atomic E-state index is 0.0353. The van der Waals surface area contributed by atoms with Gasteiger partial charge in [0.25, 0.3) is 0 Å². The van der Waals surface area contributed by atoms with Crippen molar-refractivity contribution >= 4 is 11.8 Å². The van der Waals surface area contributed by atoms with Crippen molar-refractivity contribution in [3.8, 4) is 0 Å². The number of carbonyl (C=O) groups is 2. The molecule has 0 aliphatic carbocycles. The van der Waals surface area contributed by atoms with E-state index in [1.54, 1.807) is 21.0 Å². The van der Waals surface area contributed by atoms with E-state index >= 15 is 0 Å². The largest absolute Gasteiger partial charge is 0.369 e. The van der Waals surface area contributed by atoms with Gasteiger partial charge in [-0.05, 0) is 6.42 Å². The molecule has 4 nitrogen and oxygen atoms in total. The van der Waals surface area contributed by atoms with Gasteiger partial charge in [-0.25, -0.2) is 0 Å². The number of primary amides is 1. The molecule has 0 aliphatic heterocycles. The highest BCUT2D eigenvalue weighted by Crippen LogP contribution is 2.12. The summed E-state index contributed by atoms with van der Waals surface area (Å²) in [6.45, 7) is 3.55. The van der Waals surface area contributed by atoms with Gasteiger partial charge in [0.05, 0.1) is 0 Å². The third-order valence-electron chi connectivity index (χ3n) is 2.06. The van der Waals surface area contributed by atoms with Crippen LogP contribution in [0.2, 0.25) is 0 Å². The van der Waals surface area contributed by atoms with Crippen LogP contribution < -0.4 is 5.73 Å². The predicted octanol–water partition coefficient (Wildman–Crippen LogP) is 0.222. The summed E-state index contributed by atoms with van der Waals surface area (Å²) in [5.41, 5.74) is 5.10. The lowest BCUT2D eigenvalue weighted by Crippen LogP contribution is -2.31. The van der Waals surface area contributed by atoms with Crippen molar-refractivity contribution in [3.63, 3.8) is 0 Å². The molecule has 2 atom stereocenters. The lowest BCUT2D eigenvalue weighted by Gasteiger charge is -2.18. The summed E-state index contributed by atoms with van der Waals surface area (Å²) in [7, 11) is 3.40. The summed E-state index contributed by atoms with van der Waals surface area (Å²) in [5.74, 6) is -0.692. The smallest absolute Gasteiger partial charge is 0.224 e. The molecule has 76 valence electrons. The molecule has 0 saturated heterocycles. The maximum atomic E-state index is 11.4. The van der Waals surface area contributed by atoms with Gasteiger partial charge in [-0.2, -0.15) is 0 Å². The van der Waals surface area contributed by atoms with Crippen molar-refractivity contribution in [3.05, 3.63) is 0 Å². The molecular formula is C9H18N2O2. The van der Waals surface area contributed by atoms with E-state index in [9.17, 15) is 9.59 Å². The van der Waals surface area contributed by atoms with Crippen molar-refractivity contribution < 1.29 is 9.59 Å². The number of hydrogen-bond donors (Lipinski definition) is 1. The van der Waals surface area contributed by atoms with E-state index in [1.165, 1.54) is 4.90 Å². The number of amides is 2. The molecule has 0 bridgehead atoms. The zero-order chi connectivity index (χ0) is 10.6. The number of rotatable bonds is 4. The van der Waals surface area contributed by atoms with E-state index in [-0.39, 0.29) is 23.7 Å². The number of nitrogens with zero attached hydrogens (tertiary/aromatic N) is 1. The molecule has 2 N–H and O–H groups in total. The van der Waals surface area contributed by atoms with Crippen molar-refractivity contribution in [1.29, 1.82) is 0 Å². The molecule has 0 aromatic rings. The molecule has 0 unspecified atom stereocenters. The molecular weight excluding hydrogens is 168 g/mol. The Hall–Kier alpha value is -1.06. The lowest BCUT2D eigenvalue weighted by atomic mass is 9.96. The fourth-order valence-electron chi connectivity index (χ4n) is 1.19. The minimum atomic E-state index is -0.349. The van der Waals surface area contributed by atoms with Crippen LogP contribution in [-0.4, -0.2) is 30.8 Å². The van der Waals surface area contributed by atoms with Gasteiger partial charge < -0.3 is 10.6 Å². The summed E-state index contributed by atoms with van der Waals surface area (Å²) in [6.07, 6.45) is 0.520. The average molecular weight is 186 g/mol. The Balaban J connectivity index is 4.07. The Bertz CT molecular complexity index is 202. The first-order valence-corrected chi connectivity index (χ1v) is 4.36. The van der Waals surface area contributed by atoms with Crippen molar-refractivity contribution in [2.75, 3.05) is 14.1 Å². The first kappa shape index (κ1) is 11.9. The molecule has 0 aliphatic rings. The Morgan fingerprint density at radius 3 is 2.00 bits per heavy atom. The molecule has 4 heteroatoms. The topological polar surface area (TPSA) is 63.4 Å². The normalized spacial score (nSPS) is 14.8. The van der Waals surface area contributed by atoms with Crippen LogP contribution in [0.4, 0.5) is 0 Å². The Labute approximate surface area is 79.1 Å². The van der Waals surface area contributed by atoms with E-state index in [4.69, 9.17) is 5.73 Å². The Kier molecular flexibility index (Phi) is 4.45. The third-order valence-corrected chi connectivity index (χ3v) is 2.06. The zero-order valence-electron chi connectivity index (χ0n) is 8.70. The van der Waals surface area contributed by atoms with Crippen molar-refractivity contribution in [1.82, 2.24) is 4.90 Å². The number of nitrogens with two attached hydrogens (primary N) is 1. The van der Waals surface area contributed by atoms with Gasteiger partial charge in [-0.15, -0.1) is 0 Å². The molecule has 0 heterocycles. The molecule has 0 saturated carbocycles. The van der Waals surface area contributed by atoms with Gasteiger partial charge in [-0.3, -0.25) is 9.59 Å².